The molecular formula is C24H15N5O2. The Morgan fingerprint density at radius 3 is 2.61 bits per heavy atom. The monoisotopic (exact) mass is 405 g/mol. The fourth-order valence-corrected chi connectivity index (χ4v) is 3.33. The molecule has 0 aliphatic heterocycles. The van der Waals surface area contributed by atoms with E-state index in [0.717, 1.165) is 10.9 Å². The Labute approximate surface area is 177 Å². The summed E-state index contributed by atoms with van der Waals surface area (Å²) in [6, 6.07) is 23.7. The van der Waals surface area contributed by atoms with Crippen molar-refractivity contribution in [2.75, 3.05) is 5.43 Å². The molecule has 0 unspecified atom stereocenters. The SMILES string of the molecule is N#Cc1ccc(-c2cc(C(=O)Nn3ccc(-c4ccco4)n3)c3ccccc3n2)cc1. The number of nitrogens with zero attached hydrogens (tertiary/aromatic N) is 4. The van der Waals surface area contributed by atoms with Crippen LogP contribution in [0.25, 0.3) is 33.6 Å². The third-order valence-electron chi connectivity index (χ3n) is 4.85. The Morgan fingerprint density at radius 2 is 1.84 bits per heavy atom. The molecule has 3 aromatic heterocycles. The quantitative estimate of drug-likeness (QED) is 0.471. The van der Waals surface area contributed by atoms with Crippen molar-refractivity contribution in [2.45, 2.75) is 0 Å². The number of pyridine rings is 1. The second-order valence-corrected chi connectivity index (χ2v) is 6.83. The first-order chi connectivity index (χ1) is 15.2. The summed E-state index contributed by atoms with van der Waals surface area (Å²) in [7, 11) is 0. The van der Waals surface area contributed by atoms with E-state index in [1.807, 2.05) is 36.4 Å². The van der Waals surface area contributed by atoms with Crippen molar-refractivity contribution in [3.8, 4) is 28.8 Å². The number of amides is 1. The van der Waals surface area contributed by atoms with Gasteiger partial charge in [-0.25, -0.2) is 10.4 Å². The summed E-state index contributed by atoms with van der Waals surface area (Å²) >= 11 is 0. The van der Waals surface area contributed by atoms with E-state index in [4.69, 9.17) is 14.7 Å². The van der Waals surface area contributed by atoms with Gasteiger partial charge in [0, 0.05) is 17.1 Å². The molecule has 7 nitrogen and oxygen atoms in total. The number of hydrogen-bond donors (Lipinski definition) is 1. The highest BCUT2D eigenvalue weighted by Gasteiger charge is 2.15. The van der Waals surface area contributed by atoms with Crippen LogP contribution in [-0.4, -0.2) is 20.8 Å². The molecule has 0 spiro atoms. The van der Waals surface area contributed by atoms with Crippen LogP contribution in [0.5, 0.6) is 0 Å². The first-order valence-corrected chi connectivity index (χ1v) is 9.52. The minimum atomic E-state index is -0.317. The van der Waals surface area contributed by atoms with E-state index in [9.17, 15) is 4.79 Å². The van der Waals surface area contributed by atoms with Gasteiger partial charge in [0.1, 0.15) is 5.69 Å². The molecule has 0 bridgehead atoms. The number of rotatable bonds is 4. The lowest BCUT2D eigenvalue weighted by Gasteiger charge is -2.10. The van der Waals surface area contributed by atoms with Crippen LogP contribution in [-0.2, 0) is 0 Å². The maximum absolute atomic E-state index is 13.1. The molecule has 0 saturated carbocycles. The van der Waals surface area contributed by atoms with Gasteiger partial charge in [-0.05, 0) is 42.5 Å². The van der Waals surface area contributed by atoms with E-state index in [0.29, 0.717) is 33.8 Å². The van der Waals surface area contributed by atoms with Crippen molar-refractivity contribution >= 4 is 16.8 Å². The number of furan rings is 1. The van der Waals surface area contributed by atoms with Gasteiger partial charge in [-0.15, -0.1) is 5.10 Å². The fourth-order valence-electron chi connectivity index (χ4n) is 3.33. The summed E-state index contributed by atoms with van der Waals surface area (Å²) in [6.45, 7) is 0. The largest absolute Gasteiger partial charge is 0.463 e. The normalized spacial score (nSPS) is 10.7. The molecular weight excluding hydrogens is 390 g/mol. The van der Waals surface area contributed by atoms with Crippen LogP contribution in [0.3, 0.4) is 0 Å². The number of para-hydroxylation sites is 1. The van der Waals surface area contributed by atoms with E-state index < -0.39 is 0 Å². The van der Waals surface area contributed by atoms with E-state index in [-0.39, 0.29) is 5.91 Å². The van der Waals surface area contributed by atoms with E-state index in [1.165, 1.54) is 4.79 Å². The second kappa shape index (κ2) is 7.61. The summed E-state index contributed by atoms with van der Waals surface area (Å²) in [5, 5.41) is 14.1. The Kier molecular flexibility index (Phi) is 4.50. The summed E-state index contributed by atoms with van der Waals surface area (Å²) in [4.78, 5) is 19.2. The van der Waals surface area contributed by atoms with Crippen molar-refractivity contribution in [1.82, 2.24) is 14.9 Å². The van der Waals surface area contributed by atoms with Crippen molar-refractivity contribution in [1.29, 1.82) is 5.26 Å². The van der Waals surface area contributed by atoms with Crippen LogP contribution in [0.4, 0.5) is 0 Å². The van der Waals surface area contributed by atoms with Gasteiger partial charge >= 0.3 is 0 Å². The first kappa shape index (κ1) is 18.3. The number of benzene rings is 2. The average molecular weight is 405 g/mol. The topological polar surface area (TPSA) is 96.7 Å². The molecule has 148 valence electrons. The smallest absolute Gasteiger partial charge is 0.272 e. The van der Waals surface area contributed by atoms with Crippen LogP contribution in [0.2, 0.25) is 0 Å². The van der Waals surface area contributed by atoms with Gasteiger partial charge < -0.3 is 4.42 Å². The predicted molar refractivity (Wildman–Crippen MR) is 116 cm³/mol. The highest BCUT2D eigenvalue weighted by molar-refractivity contribution is 6.10. The predicted octanol–water partition coefficient (Wildman–Crippen LogP) is 4.61. The average Bonchev–Trinajstić information content (AvgIpc) is 3.50. The van der Waals surface area contributed by atoms with Gasteiger partial charge in [0.2, 0.25) is 0 Å². The zero-order valence-corrected chi connectivity index (χ0v) is 16.2. The van der Waals surface area contributed by atoms with Crippen LogP contribution in [0.15, 0.2) is 89.7 Å². The zero-order chi connectivity index (χ0) is 21.2. The first-order valence-electron chi connectivity index (χ1n) is 9.52. The van der Waals surface area contributed by atoms with Crippen LogP contribution in [0, 0.1) is 11.3 Å². The Balaban J connectivity index is 1.52. The molecule has 0 fully saturated rings. The number of carbonyl (C=O) groups excluding carboxylic acids is 1. The molecule has 5 aromatic rings. The molecule has 7 heteroatoms. The van der Waals surface area contributed by atoms with Crippen molar-refractivity contribution in [3.63, 3.8) is 0 Å². The number of carbonyl (C=O) groups is 1. The van der Waals surface area contributed by atoms with E-state index >= 15 is 0 Å². The molecule has 5 rings (SSSR count). The molecule has 0 radical (unpaired) electrons. The maximum Gasteiger partial charge on any atom is 0.272 e. The molecule has 0 aliphatic rings. The standard InChI is InChI=1S/C24H15N5O2/c25-15-16-7-9-17(10-8-16)22-14-19(18-4-1-2-5-20(18)26-22)24(30)28-29-12-11-21(27-29)23-6-3-13-31-23/h1-14H,(H,28,30). The molecule has 0 atom stereocenters. The molecule has 3 heterocycles. The summed E-state index contributed by atoms with van der Waals surface area (Å²) in [5.41, 5.74) is 6.59. The van der Waals surface area contributed by atoms with E-state index in [2.05, 4.69) is 16.6 Å². The third kappa shape index (κ3) is 3.54. The van der Waals surface area contributed by atoms with E-state index in [1.54, 1.807) is 48.9 Å². The molecule has 0 aliphatic carbocycles. The van der Waals surface area contributed by atoms with Gasteiger partial charge in [-0.1, -0.05) is 30.3 Å². The van der Waals surface area contributed by atoms with Crippen LogP contribution < -0.4 is 5.43 Å². The zero-order valence-electron chi connectivity index (χ0n) is 16.2. The minimum Gasteiger partial charge on any atom is -0.463 e. The van der Waals surface area contributed by atoms with Gasteiger partial charge in [-0.3, -0.25) is 4.79 Å². The second-order valence-electron chi connectivity index (χ2n) is 6.83. The minimum absolute atomic E-state index is 0.317. The van der Waals surface area contributed by atoms with Crippen molar-refractivity contribution in [3.05, 3.63) is 96.4 Å². The number of aromatic nitrogens is 3. The highest BCUT2D eigenvalue weighted by Crippen LogP contribution is 2.25. The maximum atomic E-state index is 13.1. The summed E-state index contributed by atoms with van der Waals surface area (Å²) in [5.74, 6) is 0.299. The molecule has 1 N–H and O–H groups in total. The molecule has 2 aromatic carbocycles. The van der Waals surface area contributed by atoms with Crippen molar-refractivity contribution in [2.24, 2.45) is 0 Å². The molecule has 0 saturated heterocycles. The number of hydrogen-bond acceptors (Lipinski definition) is 5. The number of fused-ring (bicyclic) bond motifs is 1. The molecule has 1 amide bonds. The van der Waals surface area contributed by atoms with Crippen LogP contribution in [0.1, 0.15) is 15.9 Å². The van der Waals surface area contributed by atoms with Gasteiger partial charge in [0.05, 0.1) is 34.7 Å². The van der Waals surface area contributed by atoms with Gasteiger partial charge in [-0.2, -0.15) is 10.1 Å². The number of nitriles is 1. The fraction of sp³-hybridized carbons (Fsp3) is 0. The lowest BCUT2D eigenvalue weighted by atomic mass is 10.0. The Bertz CT molecular complexity index is 1430. The summed E-state index contributed by atoms with van der Waals surface area (Å²) < 4.78 is 5.34. The van der Waals surface area contributed by atoms with Crippen LogP contribution >= 0.6 is 0 Å². The Morgan fingerprint density at radius 1 is 1.00 bits per heavy atom. The van der Waals surface area contributed by atoms with Gasteiger partial charge in [0.25, 0.3) is 5.91 Å². The highest BCUT2D eigenvalue weighted by atomic mass is 16.3. The molecule has 31 heavy (non-hydrogen) atoms. The lowest BCUT2D eigenvalue weighted by molar-refractivity contribution is 0.101. The summed E-state index contributed by atoms with van der Waals surface area (Å²) in [6.07, 6.45) is 3.22. The Hall–Kier alpha value is -4.70. The lowest BCUT2D eigenvalue weighted by Crippen LogP contribution is -2.23. The van der Waals surface area contributed by atoms with Crippen molar-refractivity contribution < 1.29 is 9.21 Å². The number of nitrogens with one attached hydrogen (secondary N) is 1. The third-order valence-corrected chi connectivity index (χ3v) is 4.85. The van der Waals surface area contributed by atoms with Gasteiger partial charge in [0.15, 0.2) is 5.76 Å².